The van der Waals surface area contributed by atoms with Crippen LogP contribution in [0.25, 0.3) is 55.2 Å². The summed E-state index contributed by atoms with van der Waals surface area (Å²) in [6.07, 6.45) is 0. The van der Waals surface area contributed by atoms with Gasteiger partial charge in [-0.3, -0.25) is 0 Å². The van der Waals surface area contributed by atoms with E-state index in [9.17, 15) is 0 Å². The summed E-state index contributed by atoms with van der Waals surface area (Å²) in [7, 11) is 0. The lowest BCUT2D eigenvalue weighted by Gasteiger charge is -2.26. The van der Waals surface area contributed by atoms with Crippen LogP contribution in [0.3, 0.4) is 0 Å². The van der Waals surface area contributed by atoms with Gasteiger partial charge in [0.2, 0.25) is 5.89 Å². The molecule has 0 fully saturated rings. The Morgan fingerprint density at radius 1 is 0.533 bits per heavy atom. The Bertz CT molecular complexity index is 2350. The summed E-state index contributed by atoms with van der Waals surface area (Å²) in [6, 6.07) is 51.9. The zero-order valence-electron chi connectivity index (χ0n) is 25.2. The molecule has 0 saturated carbocycles. The van der Waals surface area contributed by atoms with E-state index in [1.807, 2.05) is 30.3 Å². The Morgan fingerprint density at radius 2 is 1.11 bits per heavy atom. The van der Waals surface area contributed by atoms with Gasteiger partial charge in [0, 0.05) is 28.0 Å². The smallest absolute Gasteiger partial charge is 0.227 e. The lowest BCUT2D eigenvalue weighted by molar-refractivity contribution is 0.619. The van der Waals surface area contributed by atoms with Crippen molar-refractivity contribution in [3.63, 3.8) is 0 Å². The van der Waals surface area contributed by atoms with Crippen LogP contribution < -0.4 is 4.90 Å². The van der Waals surface area contributed by atoms with Crippen molar-refractivity contribution in [2.75, 3.05) is 4.90 Å². The maximum atomic E-state index is 6.33. The topological polar surface area (TPSA) is 29.3 Å². The first-order valence-electron chi connectivity index (χ1n) is 15.5. The van der Waals surface area contributed by atoms with Gasteiger partial charge in [0.1, 0.15) is 5.52 Å². The number of para-hydroxylation sites is 2. The molecule has 9 rings (SSSR count). The average Bonchev–Trinajstić information content (AvgIpc) is 3.60. The molecule has 3 heteroatoms. The zero-order chi connectivity index (χ0) is 30.1. The van der Waals surface area contributed by atoms with Gasteiger partial charge in [-0.2, -0.15) is 0 Å². The van der Waals surface area contributed by atoms with Crippen LogP contribution in [0.2, 0.25) is 0 Å². The van der Waals surface area contributed by atoms with Crippen LogP contribution in [-0.4, -0.2) is 4.98 Å². The summed E-state index contributed by atoms with van der Waals surface area (Å²) >= 11 is 0. The molecule has 8 aromatic rings. The van der Waals surface area contributed by atoms with Gasteiger partial charge in [0.05, 0.1) is 0 Å². The highest BCUT2D eigenvalue weighted by Crippen LogP contribution is 2.52. The van der Waals surface area contributed by atoms with Crippen LogP contribution >= 0.6 is 0 Å². The van der Waals surface area contributed by atoms with Crippen molar-refractivity contribution in [3.05, 3.63) is 157 Å². The minimum atomic E-state index is -0.160. The Balaban J connectivity index is 1.24. The van der Waals surface area contributed by atoms with Crippen LogP contribution in [-0.2, 0) is 5.41 Å². The van der Waals surface area contributed by atoms with Crippen LogP contribution in [0.4, 0.5) is 17.1 Å². The third kappa shape index (κ3) is 4.01. The third-order valence-corrected chi connectivity index (χ3v) is 9.43. The maximum Gasteiger partial charge on any atom is 0.227 e. The second-order valence-electron chi connectivity index (χ2n) is 12.5. The second-order valence-corrected chi connectivity index (χ2v) is 12.5. The van der Waals surface area contributed by atoms with E-state index >= 15 is 0 Å². The molecule has 0 amide bonds. The quantitative estimate of drug-likeness (QED) is 0.195. The van der Waals surface area contributed by atoms with E-state index in [1.54, 1.807) is 0 Å². The van der Waals surface area contributed by atoms with Gasteiger partial charge in [0.15, 0.2) is 5.58 Å². The number of aromatic nitrogens is 1. The van der Waals surface area contributed by atoms with Gasteiger partial charge < -0.3 is 9.32 Å². The molecule has 0 bridgehead atoms. The van der Waals surface area contributed by atoms with Crippen LogP contribution in [0, 0.1) is 0 Å². The molecular weight excluding hydrogens is 548 g/mol. The van der Waals surface area contributed by atoms with E-state index in [0.29, 0.717) is 5.89 Å². The monoisotopic (exact) mass is 578 g/mol. The fourth-order valence-electron chi connectivity index (χ4n) is 7.13. The van der Waals surface area contributed by atoms with E-state index in [2.05, 4.69) is 134 Å². The number of benzene rings is 7. The molecule has 0 atom stereocenters. The average molecular weight is 579 g/mol. The fourth-order valence-corrected chi connectivity index (χ4v) is 7.13. The predicted octanol–water partition coefficient (Wildman–Crippen LogP) is 11.6. The van der Waals surface area contributed by atoms with Crippen LogP contribution in [0.15, 0.2) is 150 Å². The van der Waals surface area contributed by atoms with Gasteiger partial charge in [-0.1, -0.05) is 86.6 Å². The summed E-state index contributed by atoms with van der Waals surface area (Å²) in [5.74, 6) is 0.658. The van der Waals surface area contributed by atoms with Crippen LogP contribution in [0.5, 0.6) is 0 Å². The van der Waals surface area contributed by atoms with Crippen LogP contribution in [0.1, 0.15) is 25.0 Å². The molecule has 214 valence electrons. The fraction of sp³-hybridized carbons (Fsp3) is 0.0714. The van der Waals surface area contributed by atoms with Gasteiger partial charge in [-0.15, -0.1) is 0 Å². The number of nitrogens with zero attached hydrogens (tertiary/aromatic N) is 2. The highest BCUT2D eigenvalue weighted by Gasteiger charge is 2.37. The number of anilines is 3. The molecule has 1 aromatic heterocycles. The SMILES string of the molecule is CC1(C)c2cc3ccc4ccc(N(c5ccccc5)c5ccccc5)cc4c3cc2-c2cc3oc(-c4ccccc4)nc3cc21. The Kier molecular flexibility index (Phi) is 5.54. The number of fused-ring (bicyclic) bond motifs is 7. The lowest BCUT2D eigenvalue weighted by Crippen LogP contribution is -2.14. The summed E-state index contributed by atoms with van der Waals surface area (Å²) in [5.41, 5.74) is 11.1. The molecule has 0 saturated heterocycles. The third-order valence-electron chi connectivity index (χ3n) is 9.43. The Labute approximate surface area is 262 Å². The van der Waals surface area contributed by atoms with Gasteiger partial charge in [-0.05, 0) is 117 Å². The Hall–Kier alpha value is -5.67. The van der Waals surface area contributed by atoms with Crippen molar-refractivity contribution in [1.29, 1.82) is 0 Å². The summed E-state index contributed by atoms with van der Waals surface area (Å²) in [6.45, 7) is 4.65. The molecular formula is C42H30N2O. The highest BCUT2D eigenvalue weighted by atomic mass is 16.3. The first kappa shape index (κ1) is 25.8. The normalized spacial score (nSPS) is 13.3. The van der Waals surface area contributed by atoms with E-state index in [1.165, 1.54) is 43.8 Å². The van der Waals surface area contributed by atoms with E-state index < -0.39 is 0 Å². The first-order chi connectivity index (χ1) is 22.0. The molecule has 0 aliphatic heterocycles. The standard InChI is InChI=1S/C42H30N2O/c1-42(2)37-22-29-19-18-27-20-21-32(44(30-14-8-4-9-15-30)31-16-10-5-11-17-31)23-33(27)34(29)24-35(37)36-25-40-39(26-38(36)42)43-41(45-40)28-12-6-3-7-13-28/h3-26H,1-2H3. The molecule has 0 N–H and O–H groups in total. The van der Waals surface area contributed by atoms with Gasteiger partial charge in [0.25, 0.3) is 0 Å². The van der Waals surface area contributed by atoms with Gasteiger partial charge >= 0.3 is 0 Å². The Morgan fingerprint density at radius 3 is 1.82 bits per heavy atom. The summed E-state index contributed by atoms with van der Waals surface area (Å²) < 4.78 is 6.33. The molecule has 0 unspecified atom stereocenters. The van der Waals surface area contributed by atoms with Crippen molar-refractivity contribution in [2.24, 2.45) is 0 Å². The first-order valence-corrected chi connectivity index (χ1v) is 15.5. The minimum absolute atomic E-state index is 0.160. The molecule has 0 radical (unpaired) electrons. The maximum absolute atomic E-state index is 6.33. The second kappa shape index (κ2) is 9.67. The highest BCUT2D eigenvalue weighted by molar-refractivity contribution is 6.11. The van der Waals surface area contributed by atoms with E-state index in [-0.39, 0.29) is 5.41 Å². The molecule has 7 aromatic carbocycles. The zero-order valence-corrected chi connectivity index (χ0v) is 25.2. The van der Waals surface area contributed by atoms with Crippen molar-refractivity contribution >= 4 is 49.7 Å². The van der Waals surface area contributed by atoms with Crippen molar-refractivity contribution in [3.8, 4) is 22.6 Å². The molecule has 1 aliphatic carbocycles. The largest absolute Gasteiger partial charge is 0.436 e. The van der Waals surface area contributed by atoms with Crippen molar-refractivity contribution in [1.82, 2.24) is 4.98 Å². The van der Waals surface area contributed by atoms with E-state index in [0.717, 1.165) is 33.7 Å². The van der Waals surface area contributed by atoms with Crippen molar-refractivity contribution in [2.45, 2.75) is 19.3 Å². The number of oxazole rings is 1. The lowest BCUT2D eigenvalue weighted by atomic mass is 9.81. The number of hydrogen-bond donors (Lipinski definition) is 0. The summed E-state index contributed by atoms with van der Waals surface area (Å²) in [5, 5.41) is 4.96. The molecule has 1 heterocycles. The number of rotatable bonds is 4. The summed E-state index contributed by atoms with van der Waals surface area (Å²) in [4.78, 5) is 7.22. The van der Waals surface area contributed by atoms with Crippen molar-refractivity contribution < 1.29 is 4.42 Å². The number of hydrogen-bond acceptors (Lipinski definition) is 3. The molecule has 3 nitrogen and oxygen atoms in total. The minimum Gasteiger partial charge on any atom is -0.436 e. The molecule has 1 aliphatic rings. The van der Waals surface area contributed by atoms with E-state index in [4.69, 9.17) is 9.40 Å². The molecule has 0 spiro atoms. The molecule has 45 heavy (non-hydrogen) atoms. The predicted molar refractivity (Wildman–Crippen MR) is 187 cm³/mol. The van der Waals surface area contributed by atoms with Gasteiger partial charge in [-0.25, -0.2) is 4.98 Å².